The fourth-order valence-corrected chi connectivity index (χ4v) is 2.94. The van der Waals surface area contributed by atoms with Gasteiger partial charge in [0, 0.05) is 22.8 Å². The highest BCUT2D eigenvalue weighted by atomic mass is 32.2. The molecule has 0 aliphatic heterocycles. The van der Waals surface area contributed by atoms with Gasteiger partial charge < -0.3 is 10.1 Å². The van der Waals surface area contributed by atoms with Crippen molar-refractivity contribution in [2.24, 2.45) is 0 Å². The first kappa shape index (κ1) is 21.3. The van der Waals surface area contributed by atoms with E-state index in [1.54, 1.807) is 6.92 Å². The average Bonchev–Trinajstić information content (AvgIpc) is 2.64. The van der Waals surface area contributed by atoms with Crippen molar-refractivity contribution in [3.63, 3.8) is 0 Å². The van der Waals surface area contributed by atoms with Gasteiger partial charge in [-0.05, 0) is 30.7 Å². The Hall–Kier alpha value is -3.01. The normalized spacial score (nSPS) is 10.4. The maximum Gasteiger partial charge on any atom is 0.307 e. The van der Waals surface area contributed by atoms with E-state index in [2.05, 4.69) is 5.32 Å². The smallest absolute Gasteiger partial charge is 0.307 e. The summed E-state index contributed by atoms with van der Waals surface area (Å²) in [6, 6.07) is 7.44. The van der Waals surface area contributed by atoms with Gasteiger partial charge in [0.1, 0.15) is 0 Å². The van der Waals surface area contributed by atoms with Gasteiger partial charge in [-0.2, -0.15) is 0 Å². The second-order valence-corrected chi connectivity index (χ2v) is 6.81. The van der Waals surface area contributed by atoms with Crippen molar-refractivity contribution in [2.75, 3.05) is 17.7 Å². The first-order valence-electron chi connectivity index (χ1n) is 8.04. The zero-order chi connectivity index (χ0) is 20.7. The lowest BCUT2D eigenvalue weighted by Crippen LogP contribution is -2.21. The number of carbonyl (C=O) groups excluding carboxylic acids is 2. The number of aryl methyl sites for hydroxylation is 1. The molecule has 0 saturated carbocycles. The van der Waals surface area contributed by atoms with Crippen LogP contribution in [0.15, 0.2) is 41.3 Å². The Morgan fingerprint density at radius 2 is 1.93 bits per heavy atom. The Bertz CT molecular complexity index is 908. The molecule has 2 aromatic carbocycles. The summed E-state index contributed by atoms with van der Waals surface area (Å²) in [7, 11) is 0. The monoisotopic (exact) mass is 410 g/mol. The standard InChI is InChI=1S/C18H16F2N2O5S/c1-11-2-3-12(22(25)26)8-16(11)21-17(23)10-27-18(24)6-7-28-13-4-5-14(19)15(20)9-13/h2-5,8-9H,6-7,10H2,1H3,(H,21,23). The van der Waals surface area contributed by atoms with Gasteiger partial charge in [0.15, 0.2) is 18.2 Å². The maximum atomic E-state index is 13.1. The molecule has 1 N–H and O–H groups in total. The highest BCUT2D eigenvalue weighted by Gasteiger charge is 2.13. The SMILES string of the molecule is Cc1ccc([N+](=O)[O-])cc1NC(=O)COC(=O)CCSc1ccc(F)c(F)c1. The number of amides is 1. The van der Waals surface area contributed by atoms with Crippen LogP contribution in [0.2, 0.25) is 0 Å². The van der Waals surface area contributed by atoms with Crippen LogP contribution in [0.1, 0.15) is 12.0 Å². The zero-order valence-corrected chi connectivity index (χ0v) is 15.6. The lowest BCUT2D eigenvalue weighted by molar-refractivity contribution is -0.384. The highest BCUT2D eigenvalue weighted by molar-refractivity contribution is 7.99. The molecular weight excluding hydrogens is 394 g/mol. The second kappa shape index (κ2) is 9.79. The Balaban J connectivity index is 1.76. The van der Waals surface area contributed by atoms with Crippen LogP contribution < -0.4 is 5.32 Å². The number of esters is 1. The molecule has 0 bridgehead atoms. The molecule has 0 aliphatic rings. The van der Waals surface area contributed by atoms with E-state index in [4.69, 9.17) is 4.74 Å². The minimum atomic E-state index is -0.972. The number of carbonyl (C=O) groups is 2. The summed E-state index contributed by atoms with van der Waals surface area (Å²) < 4.78 is 30.8. The Morgan fingerprint density at radius 3 is 2.61 bits per heavy atom. The van der Waals surface area contributed by atoms with Gasteiger partial charge in [-0.1, -0.05) is 6.07 Å². The molecule has 0 fully saturated rings. The zero-order valence-electron chi connectivity index (χ0n) is 14.7. The molecular formula is C18H16F2N2O5S. The van der Waals surface area contributed by atoms with Gasteiger partial charge in [-0.3, -0.25) is 19.7 Å². The van der Waals surface area contributed by atoms with Crippen LogP contribution in [0.3, 0.4) is 0 Å². The summed E-state index contributed by atoms with van der Waals surface area (Å²) in [6.07, 6.45) is -0.0349. The number of hydrogen-bond acceptors (Lipinski definition) is 6. The van der Waals surface area contributed by atoms with E-state index >= 15 is 0 Å². The van der Waals surface area contributed by atoms with Crippen LogP contribution >= 0.6 is 11.8 Å². The van der Waals surface area contributed by atoms with Crippen LogP contribution in [-0.4, -0.2) is 29.2 Å². The number of halogens is 2. The third kappa shape index (κ3) is 6.31. The Kier molecular flexibility index (Phi) is 7.44. The number of nitrogens with one attached hydrogen (secondary N) is 1. The topological polar surface area (TPSA) is 98.5 Å². The van der Waals surface area contributed by atoms with Gasteiger partial charge in [-0.15, -0.1) is 11.8 Å². The number of anilines is 1. The van der Waals surface area contributed by atoms with Gasteiger partial charge in [-0.25, -0.2) is 8.78 Å². The molecule has 0 heterocycles. The van der Waals surface area contributed by atoms with Crippen LogP contribution in [0.4, 0.5) is 20.2 Å². The first-order valence-corrected chi connectivity index (χ1v) is 9.03. The molecule has 0 aromatic heterocycles. The highest BCUT2D eigenvalue weighted by Crippen LogP contribution is 2.22. The van der Waals surface area contributed by atoms with Crippen molar-refractivity contribution in [3.05, 3.63) is 63.7 Å². The molecule has 0 aliphatic carbocycles. The number of nitro benzene ring substituents is 1. The summed E-state index contributed by atoms with van der Waals surface area (Å²) >= 11 is 1.14. The number of rotatable bonds is 8. The molecule has 0 spiro atoms. The average molecular weight is 410 g/mol. The summed E-state index contributed by atoms with van der Waals surface area (Å²) in [6.45, 7) is 1.12. The first-order chi connectivity index (χ1) is 13.3. The molecule has 0 atom stereocenters. The number of non-ortho nitro benzene ring substituents is 1. The maximum absolute atomic E-state index is 13.1. The molecule has 10 heteroatoms. The van der Waals surface area contributed by atoms with E-state index in [-0.39, 0.29) is 23.5 Å². The second-order valence-electron chi connectivity index (χ2n) is 5.64. The molecule has 0 radical (unpaired) electrons. The van der Waals surface area contributed by atoms with E-state index in [1.807, 2.05) is 0 Å². The molecule has 28 heavy (non-hydrogen) atoms. The van der Waals surface area contributed by atoms with Crippen LogP contribution in [0, 0.1) is 28.7 Å². The fourth-order valence-electron chi connectivity index (χ4n) is 2.08. The predicted octanol–water partition coefficient (Wildman–Crippen LogP) is 3.85. The third-order valence-electron chi connectivity index (χ3n) is 3.54. The Labute approximate surface area is 163 Å². The number of benzene rings is 2. The molecule has 2 rings (SSSR count). The molecule has 2 aromatic rings. The van der Waals surface area contributed by atoms with E-state index in [0.29, 0.717) is 10.5 Å². The molecule has 0 saturated heterocycles. The van der Waals surface area contributed by atoms with E-state index in [0.717, 1.165) is 23.9 Å². The van der Waals surface area contributed by atoms with Gasteiger partial charge in [0.2, 0.25) is 0 Å². The van der Waals surface area contributed by atoms with Crippen molar-refractivity contribution < 1.29 is 28.0 Å². The fraction of sp³-hybridized carbons (Fsp3) is 0.222. The number of ether oxygens (including phenoxy) is 1. The van der Waals surface area contributed by atoms with Crippen molar-refractivity contribution in [1.29, 1.82) is 0 Å². The van der Waals surface area contributed by atoms with Crippen molar-refractivity contribution in [2.45, 2.75) is 18.2 Å². The Morgan fingerprint density at radius 1 is 1.18 bits per heavy atom. The number of hydrogen-bond donors (Lipinski definition) is 1. The summed E-state index contributed by atoms with van der Waals surface area (Å²) in [5.41, 5.74) is 0.699. The van der Waals surface area contributed by atoms with Crippen LogP contribution in [0.25, 0.3) is 0 Å². The van der Waals surface area contributed by atoms with Crippen LogP contribution in [-0.2, 0) is 14.3 Å². The van der Waals surface area contributed by atoms with Crippen molar-refractivity contribution in [3.8, 4) is 0 Å². The van der Waals surface area contributed by atoms with Gasteiger partial charge >= 0.3 is 5.97 Å². The van der Waals surface area contributed by atoms with Crippen LogP contribution in [0.5, 0.6) is 0 Å². The lowest BCUT2D eigenvalue weighted by Gasteiger charge is -2.09. The molecule has 0 unspecified atom stereocenters. The van der Waals surface area contributed by atoms with E-state index in [9.17, 15) is 28.5 Å². The molecule has 148 valence electrons. The number of nitrogens with zero attached hydrogens (tertiary/aromatic N) is 1. The van der Waals surface area contributed by atoms with Gasteiger partial charge in [0.05, 0.1) is 17.0 Å². The predicted molar refractivity (Wildman–Crippen MR) is 99.1 cm³/mol. The summed E-state index contributed by atoms with van der Waals surface area (Å²) in [5.74, 6) is -2.93. The summed E-state index contributed by atoms with van der Waals surface area (Å²) in [5, 5.41) is 13.2. The summed E-state index contributed by atoms with van der Waals surface area (Å²) in [4.78, 5) is 34.2. The van der Waals surface area contributed by atoms with Crippen molar-refractivity contribution in [1.82, 2.24) is 0 Å². The van der Waals surface area contributed by atoms with Crippen molar-refractivity contribution >= 4 is 35.0 Å². The largest absolute Gasteiger partial charge is 0.456 e. The van der Waals surface area contributed by atoms with E-state index in [1.165, 1.54) is 24.3 Å². The lowest BCUT2D eigenvalue weighted by atomic mass is 10.2. The van der Waals surface area contributed by atoms with E-state index < -0.39 is 35.0 Å². The number of thioether (sulfide) groups is 1. The minimum absolute atomic E-state index is 0.0349. The molecule has 7 nitrogen and oxygen atoms in total. The number of nitro groups is 1. The quantitative estimate of drug-likeness (QED) is 0.307. The minimum Gasteiger partial charge on any atom is -0.456 e. The molecule has 1 amide bonds. The third-order valence-corrected chi connectivity index (χ3v) is 4.53. The van der Waals surface area contributed by atoms with Gasteiger partial charge in [0.25, 0.3) is 11.6 Å².